The summed E-state index contributed by atoms with van der Waals surface area (Å²) in [6.07, 6.45) is 1.18. The zero-order chi connectivity index (χ0) is 11.8. The van der Waals surface area contributed by atoms with Crippen LogP contribution >= 0.6 is 0 Å². The Morgan fingerprint density at radius 2 is 2.06 bits per heavy atom. The van der Waals surface area contributed by atoms with E-state index in [0.717, 1.165) is 18.5 Å². The summed E-state index contributed by atoms with van der Waals surface area (Å²) < 4.78 is 24.8. The number of unbranched alkanes of at least 4 members (excludes halogenated alkanes) is 2. The van der Waals surface area contributed by atoms with Gasteiger partial charge in [0, 0.05) is 12.1 Å². The first-order valence-electron chi connectivity index (χ1n) is 5.81. The van der Waals surface area contributed by atoms with Gasteiger partial charge in [0.15, 0.2) is 0 Å². The van der Waals surface area contributed by atoms with Gasteiger partial charge in [-0.15, -0.1) is 0 Å². The van der Waals surface area contributed by atoms with E-state index in [1.54, 1.807) is 12.1 Å². The van der Waals surface area contributed by atoms with Crippen molar-refractivity contribution in [3.63, 3.8) is 0 Å². The number of alkyl halides is 2. The lowest BCUT2D eigenvalue weighted by Crippen LogP contribution is -2.14. The fourth-order valence-corrected chi connectivity index (χ4v) is 1.57. The van der Waals surface area contributed by atoms with Crippen molar-refractivity contribution in [3.05, 3.63) is 35.4 Å². The van der Waals surface area contributed by atoms with Gasteiger partial charge in [-0.05, 0) is 24.6 Å². The molecule has 0 aromatic heterocycles. The molecule has 0 fully saturated rings. The highest BCUT2D eigenvalue weighted by Gasteiger charge is 2.06. The highest BCUT2D eigenvalue weighted by atomic mass is 19.3. The average molecular weight is 227 g/mol. The Kier molecular flexibility index (Phi) is 6.01. The van der Waals surface area contributed by atoms with Crippen LogP contribution in [0, 0.1) is 0 Å². The summed E-state index contributed by atoms with van der Waals surface area (Å²) in [7, 11) is 0. The molecule has 0 amide bonds. The molecular weight excluding hydrogens is 208 g/mol. The zero-order valence-corrected chi connectivity index (χ0v) is 9.68. The van der Waals surface area contributed by atoms with Gasteiger partial charge in [0.25, 0.3) is 6.43 Å². The summed E-state index contributed by atoms with van der Waals surface area (Å²) >= 11 is 0. The first kappa shape index (κ1) is 13.1. The number of halogens is 2. The Morgan fingerprint density at radius 1 is 1.25 bits per heavy atom. The average Bonchev–Trinajstić information content (AvgIpc) is 2.29. The number of hydrogen-bond donors (Lipinski definition) is 1. The van der Waals surface area contributed by atoms with Crippen LogP contribution in [0.25, 0.3) is 0 Å². The van der Waals surface area contributed by atoms with Crippen molar-refractivity contribution in [2.24, 2.45) is 0 Å². The maximum Gasteiger partial charge on any atom is 0.263 e. The monoisotopic (exact) mass is 227 g/mol. The third-order valence-corrected chi connectivity index (χ3v) is 2.49. The molecule has 1 aromatic rings. The maximum absolute atomic E-state index is 12.4. The SMILES string of the molecule is CCCCCNCc1cccc(C(F)F)c1. The van der Waals surface area contributed by atoms with E-state index in [9.17, 15) is 8.78 Å². The second-order valence-electron chi connectivity index (χ2n) is 3.93. The zero-order valence-electron chi connectivity index (χ0n) is 9.68. The van der Waals surface area contributed by atoms with Gasteiger partial charge in [-0.2, -0.15) is 0 Å². The smallest absolute Gasteiger partial charge is 0.263 e. The molecule has 90 valence electrons. The minimum absolute atomic E-state index is 0.104. The summed E-state index contributed by atoms with van der Waals surface area (Å²) in [6.45, 7) is 3.78. The lowest BCUT2D eigenvalue weighted by Gasteiger charge is -2.06. The van der Waals surface area contributed by atoms with Crippen molar-refractivity contribution in [1.29, 1.82) is 0 Å². The molecule has 0 unspecified atom stereocenters. The molecule has 0 saturated heterocycles. The van der Waals surface area contributed by atoms with E-state index in [-0.39, 0.29) is 5.56 Å². The van der Waals surface area contributed by atoms with Gasteiger partial charge >= 0.3 is 0 Å². The molecule has 0 spiro atoms. The highest BCUT2D eigenvalue weighted by Crippen LogP contribution is 2.19. The fourth-order valence-electron chi connectivity index (χ4n) is 1.57. The van der Waals surface area contributed by atoms with E-state index in [2.05, 4.69) is 12.2 Å². The van der Waals surface area contributed by atoms with E-state index >= 15 is 0 Å². The van der Waals surface area contributed by atoms with Crippen LogP contribution in [-0.4, -0.2) is 6.54 Å². The summed E-state index contributed by atoms with van der Waals surface area (Å²) in [6, 6.07) is 6.59. The predicted octanol–water partition coefficient (Wildman–Crippen LogP) is 3.90. The third kappa shape index (κ3) is 4.71. The topological polar surface area (TPSA) is 12.0 Å². The number of nitrogens with one attached hydrogen (secondary N) is 1. The largest absolute Gasteiger partial charge is 0.313 e. The van der Waals surface area contributed by atoms with E-state index in [1.165, 1.54) is 18.9 Å². The minimum atomic E-state index is -2.37. The summed E-state index contributed by atoms with van der Waals surface area (Å²) in [5.74, 6) is 0. The van der Waals surface area contributed by atoms with Crippen molar-refractivity contribution in [1.82, 2.24) is 5.32 Å². The van der Waals surface area contributed by atoms with Crippen molar-refractivity contribution in [3.8, 4) is 0 Å². The molecule has 0 saturated carbocycles. The standard InChI is InChI=1S/C13H19F2N/c1-2-3-4-8-16-10-11-6-5-7-12(9-11)13(14)15/h5-7,9,13,16H,2-4,8,10H2,1H3. The number of rotatable bonds is 7. The molecule has 1 rings (SSSR count). The molecule has 0 bridgehead atoms. The molecule has 0 atom stereocenters. The molecular formula is C13H19F2N. The predicted molar refractivity (Wildman–Crippen MR) is 62.6 cm³/mol. The fraction of sp³-hybridized carbons (Fsp3) is 0.538. The molecule has 16 heavy (non-hydrogen) atoms. The molecule has 1 nitrogen and oxygen atoms in total. The third-order valence-electron chi connectivity index (χ3n) is 2.49. The summed E-state index contributed by atoms with van der Waals surface area (Å²) in [4.78, 5) is 0. The van der Waals surface area contributed by atoms with Crippen molar-refractivity contribution in [2.75, 3.05) is 6.54 Å². The normalized spacial score (nSPS) is 11.0. The molecule has 0 aliphatic carbocycles. The van der Waals surface area contributed by atoms with Gasteiger partial charge in [0.05, 0.1) is 0 Å². The highest BCUT2D eigenvalue weighted by molar-refractivity contribution is 5.24. The Labute approximate surface area is 95.9 Å². The second kappa shape index (κ2) is 7.34. The Bertz CT molecular complexity index is 300. The van der Waals surface area contributed by atoms with Crippen LogP contribution in [0.2, 0.25) is 0 Å². The quantitative estimate of drug-likeness (QED) is 0.696. The number of hydrogen-bond acceptors (Lipinski definition) is 1. The van der Waals surface area contributed by atoms with Crippen LogP contribution in [0.4, 0.5) is 8.78 Å². The van der Waals surface area contributed by atoms with E-state index < -0.39 is 6.43 Å². The van der Waals surface area contributed by atoms with Crippen LogP contribution in [0.1, 0.15) is 43.7 Å². The van der Waals surface area contributed by atoms with Gasteiger partial charge in [-0.1, -0.05) is 38.0 Å². The van der Waals surface area contributed by atoms with Crippen LogP contribution < -0.4 is 5.32 Å². The Morgan fingerprint density at radius 3 is 2.75 bits per heavy atom. The lowest BCUT2D eigenvalue weighted by atomic mass is 10.1. The van der Waals surface area contributed by atoms with Crippen molar-refractivity contribution in [2.45, 2.75) is 39.2 Å². The molecule has 0 aliphatic heterocycles. The molecule has 0 aliphatic rings. The maximum atomic E-state index is 12.4. The van der Waals surface area contributed by atoms with Gasteiger partial charge in [-0.3, -0.25) is 0 Å². The summed E-state index contributed by atoms with van der Waals surface area (Å²) in [5, 5.41) is 3.26. The Hall–Kier alpha value is -0.960. The Balaban J connectivity index is 2.33. The van der Waals surface area contributed by atoms with Gasteiger partial charge in [0.1, 0.15) is 0 Å². The van der Waals surface area contributed by atoms with Crippen LogP contribution in [-0.2, 0) is 6.54 Å². The van der Waals surface area contributed by atoms with E-state index in [0.29, 0.717) is 6.54 Å². The molecule has 1 aromatic carbocycles. The number of benzene rings is 1. The van der Waals surface area contributed by atoms with Gasteiger partial charge in [-0.25, -0.2) is 8.78 Å². The van der Waals surface area contributed by atoms with Gasteiger partial charge in [0.2, 0.25) is 0 Å². The first-order chi connectivity index (χ1) is 7.74. The van der Waals surface area contributed by atoms with Crippen LogP contribution in [0.3, 0.4) is 0 Å². The molecule has 1 N–H and O–H groups in total. The minimum Gasteiger partial charge on any atom is -0.313 e. The van der Waals surface area contributed by atoms with Crippen LogP contribution in [0.15, 0.2) is 24.3 Å². The molecule has 3 heteroatoms. The van der Waals surface area contributed by atoms with Crippen molar-refractivity contribution >= 4 is 0 Å². The lowest BCUT2D eigenvalue weighted by molar-refractivity contribution is 0.151. The summed E-state index contributed by atoms with van der Waals surface area (Å²) in [5.41, 5.74) is 1.03. The van der Waals surface area contributed by atoms with Crippen LogP contribution in [0.5, 0.6) is 0 Å². The van der Waals surface area contributed by atoms with E-state index in [4.69, 9.17) is 0 Å². The molecule has 0 radical (unpaired) electrons. The van der Waals surface area contributed by atoms with E-state index in [1.807, 2.05) is 6.07 Å². The van der Waals surface area contributed by atoms with Gasteiger partial charge < -0.3 is 5.32 Å². The molecule has 0 heterocycles. The second-order valence-corrected chi connectivity index (χ2v) is 3.93. The first-order valence-corrected chi connectivity index (χ1v) is 5.81. The van der Waals surface area contributed by atoms with Crippen molar-refractivity contribution < 1.29 is 8.78 Å².